The van der Waals surface area contributed by atoms with Crippen molar-refractivity contribution in [2.24, 2.45) is 0 Å². The molecule has 1 N–H and O–H groups in total. The van der Waals surface area contributed by atoms with E-state index in [1.165, 1.54) is 11.3 Å². The molecule has 1 amide bonds. The van der Waals surface area contributed by atoms with Gasteiger partial charge in [-0.1, -0.05) is 23.7 Å². The van der Waals surface area contributed by atoms with E-state index in [-0.39, 0.29) is 12.3 Å². The monoisotopic (exact) mass is 347 g/mol. The first kappa shape index (κ1) is 15.7. The quantitative estimate of drug-likeness (QED) is 0.745. The lowest BCUT2D eigenvalue weighted by Gasteiger charge is -2.08. The summed E-state index contributed by atoms with van der Waals surface area (Å²) >= 11 is 7.57. The van der Waals surface area contributed by atoms with Crippen LogP contribution in [-0.4, -0.2) is 16.1 Å². The molecule has 0 aliphatic heterocycles. The van der Waals surface area contributed by atoms with E-state index in [4.69, 9.17) is 16.0 Å². The van der Waals surface area contributed by atoms with Gasteiger partial charge in [0.05, 0.1) is 4.88 Å². The number of nitrogens with zero attached hydrogens (tertiary/aromatic N) is 2. The number of aromatic nitrogens is 2. The fourth-order valence-corrected chi connectivity index (χ4v) is 2.85. The summed E-state index contributed by atoms with van der Waals surface area (Å²) in [5, 5.41) is 13.4. The van der Waals surface area contributed by atoms with Crippen molar-refractivity contribution in [3.8, 4) is 10.8 Å². The molecule has 3 rings (SSSR count). The van der Waals surface area contributed by atoms with Crippen molar-refractivity contribution < 1.29 is 9.21 Å². The van der Waals surface area contributed by atoms with Gasteiger partial charge in [-0.3, -0.25) is 4.79 Å². The second-order valence-corrected chi connectivity index (χ2v) is 6.29. The van der Waals surface area contributed by atoms with E-state index >= 15 is 0 Å². The largest absolute Gasteiger partial charge is 0.420 e. The van der Waals surface area contributed by atoms with Crippen LogP contribution in [0.4, 0.5) is 5.69 Å². The zero-order valence-electron chi connectivity index (χ0n) is 12.4. The van der Waals surface area contributed by atoms with Crippen LogP contribution in [-0.2, 0) is 11.2 Å². The Morgan fingerprint density at radius 2 is 2.17 bits per heavy atom. The van der Waals surface area contributed by atoms with Crippen molar-refractivity contribution in [3.63, 3.8) is 0 Å². The van der Waals surface area contributed by atoms with Crippen molar-refractivity contribution in [3.05, 3.63) is 52.2 Å². The van der Waals surface area contributed by atoms with Crippen LogP contribution in [0.3, 0.4) is 0 Å². The number of carbonyl (C=O) groups excluding carboxylic acids is 1. The van der Waals surface area contributed by atoms with Crippen LogP contribution in [0.15, 0.2) is 40.1 Å². The van der Waals surface area contributed by atoms with E-state index in [2.05, 4.69) is 15.5 Å². The van der Waals surface area contributed by atoms with Crippen LogP contribution >= 0.6 is 22.9 Å². The van der Waals surface area contributed by atoms with Crippen molar-refractivity contribution in [1.82, 2.24) is 10.2 Å². The summed E-state index contributed by atoms with van der Waals surface area (Å²) in [7, 11) is 0. The lowest BCUT2D eigenvalue weighted by atomic mass is 10.2. The molecule has 0 bridgehead atoms. The number of anilines is 1. The number of halogens is 1. The van der Waals surface area contributed by atoms with E-state index in [0.29, 0.717) is 28.9 Å². The van der Waals surface area contributed by atoms with Crippen molar-refractivity contribution in [1.29, 1.82) is 0 Å². The molecule has 0 saturated heterocycles. The van der Waals surface area contributed by atoms with Crippen LogP contribution in [0.2, 0.25) is 5.02 Å². The second kappa shape index (κ2) is 6.93. The van der Waals surface area contributed by atoms with Gasteiger partial charge in [0.25, 0.3) is 5.89 Å². The first-order valence-electron chi connectivity index (χ1n) is 7.04. The highest BCUT2D eigenvalue weighted by Crippen LogP contribution is 2.24. The molecule has 3 aromatic rings. The molecule has 0 radical (unpaired) electrons. The summed E-state index contributed by atoms with van der Waals surface area (Å²) in [6.07, 6.45) is 0.655. The summed E-state index contributed by atoms with van der Waals surface area (Å²) in [4.78, 5) is 13.0. The van der Waals surface area contributed by atoms with E-state index in [9.17, 15) is 4.79 Å². The van der Waals surface area contributed by atoms with Gasteiger partial charge in [-0.05, 0) is 36.1 Å². The molecular formula is C16H14ClN3O2S. The van der Waals surface area contributed by atoms with Gasteiger partial charge in [-0.15, -0.1) is 21.5 Å². The number of thiophene rings is 1. The van der Waals surface area contributed by atoms with Crippen molar-refractivity contribution >= 4 is 34.5 Å². The van der Waals surface area contributed by atoms with Gasteiger partial charge >= 0.3 is 0 Å². The Balaban J connectivity index is 1.58. The third-order valence-corrected chi connectivity index (χ3v) is 4.57. The Morgan fingerprint density at radius 1 is 1.30 bits per heavy atom. The minimum Gasteiger partial charge on any atom is -0.420 e. The van der Waals surface area contributed by atoms with Crippen LogP contribution in [0, 0.1) is 6.92 Å². The second-order valence-electron chi connectivity index (χ2n) is 4.94. The summed E-state index contributed by atoms with van der Waals surface area (Å²) in [6.45, 7) is 1.86. The first-order valence-corrected chi connectivity index (χ1v) is 8.30. The molecule has 1 aromatic carbocycles. The van der Waals surface area contributed by atoms with E-state index < -0.39 is 0 Å². The first-order chi connectivity index (χ1) is 11.1. The highest BCUT2D eigenvalue weighted by Gasteiger charge is 2.12. The Morgan fingerprint density at radius 3 is 2.96 bits per heavy atom. The number of amides is 1. The van der Waals surface area contributed by atoms with Crippen LogP contribution in [0.1, 0.15) is 17.9 Å². The van der Waals surface area contributed by atoms with E-state index in [1.54, 1.807) is 12.1 Å². The zero-order valence-corrected chi connectivity index (χ0v) is 13.9. The highest BCUT2D eigenvalue weighted by molar-refractivity contribution is 7.13. The molecule has 23 heavy (non-hydrogen) atoms. The number of aryl methyl sites for hydroxylation is 1. The van der Waals surface area contributed by atoms with Crippen LogP contribution < -0.4 is 5.32 Å². The third-order valence-electron chi connectivity index (χ3n) is 3.31. The molecule has 0 atom stereocenters. The topological polar surface area (TPSA) is 68.0 Å². The molecule has 0 fully saturated rings. The maximum atomic E-state index is 12.0. The lowest BCUT2D eigenvalue weighted by molar-refractivity contribution is -0.116. The van der Waals surface area contributed by atoms with Gasteiger partial charge in [0, 0.05) is 23.6 Å². The average molecular weight is 348 g/mol. The Labute approximate surface area is 142 Å². The molecule has 7 heteroatoms. The maximum absolute atomic E-state index is 12.0. The average Bonchev–Trinajstić information content (AvgIpc) is 3.20. The minimum atomic E-state index is -0.119. The summed E-state index contributed by atoms with van der Waals surface area (Å²) < 4.78 is 5.56. The van der Waals surface area contributed by atoms with Gasteiger partial charge < -0.3 is 9.73 Å². The highest BCUT2D eigenvalue weighted by atomic mass is 35.5. The van der Waals surface area contributed by atoms with Crippen LogP contribution in [0.5, 0.6) is 0 Å². The molecule has 0 unspecified atom stereocenters. The van der Waals surface area contributed by atoms with Gasteiger partial charge in [0.2, 0.25) is 11.8 Å². The molecule has 0 saturated carbocycles. The van der Waals surface area contributed by atoms with Crippen molar-refractivity contribution in [2.75, 3.05) is 5.32 Å². The summed E-state index contributed by atoms with van der Waals surface area (Å²) in [5.41, 5.74) is 1.56. The fraction of sp³-hybridized carbons (Fsp3) is 0.188. The molecule has 0 aliphatic rings. The predicted molar refractivity (Wildman–Crippen MR) is 90.8 cm³/mol. The zero-order chi connectivity index (χ0) is 16.2. The maximum Gasteiger partial charge on any atom is 0.257 e. The fourth-order valence-electron chi connectivity index (χ4n) is 2.03. The number of hydrogen-bond donors (Lipinski definition) is 1. The van der Waals surface area contributed by atoms with Gasteiger partial charge in [-0.2, -0.15) is 0 Å². The van der Waals surface area contributed by atoms with Crippen molar-refractivity contribution in [2.45, 2.75) is 19.8 Å². The van der Waals surface area contributed by atoms with Crippen LogP contribution in [0.25, 0.3) is 10.8 Å². The SMILES string of the molecule is Cc1c(Cl)cccc1NC(=O)CCc1nnc(-c2cccs2)o1. The number of benzene rings is 1. The smallest absolute Gasteiger partial charge is 0.257 e. The van der Waals surface area contributed by atoms with E-state index in [0.717, 1.165) is 10.4 Å². The lowest BCUT2D eigenvalue weighted by Crippen LogP contribution is -2.13. The Bertz CT molecular complexity index is 815. The molecule has 0 spiro atoms. The van der Waals surface area contributed by atoms with Gasteiger partial charge in [-0.25, -0.2) is 0 Å². The Hall–Kier alpha value is -2.18. The predicted octanol–water partition coefficient (Wildman–Crippen LogP) is 4.33. The molecule has 2 aromatic heterocycles. The minimum absolute atomic E-state index is 0.119. The van der Waals surface area contributed by atoms with Gasteiger partial charge in [0.15, 0.2) is 0 Å². The standard InChI is InChI=1S/C16H14ClN3O2S/c1-10-11(17)4-2-5-12(10)18-14(21)7-8-15-19-20-16(22-15)13-6-3-9-23-13/h2-6,9H,7-8H2,1H3,(H,18,21). The van der Waals surface area contributed by atoms with Gasteiger partial charge in [0.1, 0.15) is 0 Å². The molecule has 5 nitrogen and oxygen atoms in total. The number of rotatable bonds is 5. The molecule has 2 heterocycles. The van der Waals surface area contributed by atoms with E-state index in [1.807, 2.05) is 30.5 Å². The summed E-state index contributed by atoms with van der Waals surface area (Å²) in [5.74, 6) is 0.818. The molecular weight excluding hydrogens is 334 g/mol. The molecule has 118 valence electrons. The number of carbonyl (C=O) groups is 1. The normalized spacial score (nSPS) is 10.7. The molecule has 0 aliphatic carbocycles. The Kier molecular flexibility index (Phi) is 4.73. The summed E-state index contributed by atoms with van der Waals surface area (Å²) in [6, 6.07) is 9.25. The third kappa shape index (κ3) is 3.78. The number of nitrogens with one attached hydrogen (secondary N) is 1. The number of hydrogen-bond acceptors (Lipinski definition) is 5.